The monoisotopic (exact) mass is 509 g/mol. The van der Waals surface area contributed by atoms with Crippen LogP contribution in [0.15, 0.2) is 69.9 Å². The van der Waals surface area contributed by atoms with Gasteiger partial charge in [0.25, 0.3) is 5.91 Å². The molecule has 6 nitrogen and oxygen atoms in total. The number of hydrogen-bond donors (Lipinski definition) is 0. The minimum absolute atomic E-state index is 0.0423. The number of fused-ring (bicyclic) bond motifs is 2. The van der Waals surface area contributed by atoms with Crippen LogP contribution in [0.2, 0.25) is 0 Å². The Kier molecular flexibility index (Phi) is 6.89. The summed E-state index contributed by atoms with van der Waals surface area (Å²) >= 11 is 0. The van der Waals surface area contributed by atoms with Gasteiger partial charge in [0.2, 0.25) is 5.76 Å². The number of benzene rings is 3. The van der Waals surface area contributed by atoms with E-state index in [0.29, 0.717) is 40.1 Å². The van der Waals surface area contributed by atoms with Crippen LogP contribution in [0, 0.1) is 13.8 Å². The molecule has 1 aliphatic rings. The maximum Gasteiger partial charge on any atom is 0.295 e. The number of amides is 1. The summed E-state index contributed by atoms with van der Waals surface area (Å²) in [5.74, 6) is 0.265. The Morgan fingerprint density at radius 2 is 1.71 bits per heavy atom. The van der Waals surface area contributed by atoms with E-state index < -0.39 is 11.9 Å². The fourth-order valence-corrected chi connectivity index (χ4v) is 4.98. The Labute approximate surface area is 221 Å². The second-order valence-corrected chi connectivity index (χ2v) is 9.92. The Bertz CT molecular complexity index is 1600. The topological polar surface area (TPSA) is 76.8 Å². The molecule has 194 valence electrons. The molecule has 0 aliphatic carbocycles. The lowest BCUT2D eigenvalue weighted by Gasteiger charge is -2.25. The summed E-state index contributed by atoms with van der Waals surface area (Å²) in [5.41, 5.74) is 4.30. The highest BCUT2D eigenvalue weighted by Crippen LogP contribution is 2.42. The second-order valence-electron chi connectivity index (χ2n) is 9.92. The number of aryl methyl sites for hydroxylation is 2. The highest BCUT2D eigenvalue weighted by Gasteiger charge is 2.43. The maximum absolute atomic E-state index is 13.9. The first-order valence-electron chi connectivity index (χ1n) is 13.1. The Hall–Kier alpha value is -4.19. The molecule has 1 aliphatic heterocycles. The van der Waals surface area contributed by atoms with E-state index in [2.05, 4.69) is 6.92 Å². The first-order chi connectivity index (χ1) is 18.3. The predicted molar refractivity (Wildman–Crippen MR) is 149 cm³/mol. The SMILES string of the molecule is CCCCCOc1cccc(C2c3c(oc4cc(C)c(C)cc4c3=O)C(=O)N2c2ccc(C(C)=O)cc2)c1. The van der Waals surface area contributed by atoms with Crippen LogP contribution in [-0.2, 0) is 0 Å². The Morgan fingerprint density at radius 3 is 2.42 bits per heavy atom. The van der Waals surface area contributed by atoms with Gasteiger partial charge in [-0.25, -0.2) is 0 Å². The van der Waals surface area contributed by atoms with Gasteiger partial charge in [-0.2, -0.15) is 0 Å². The van der Waals surface area contributed by atoms with E-state index in [1.165, 1.54) is 6.92 Å². The quantitative estimate of drug-likeness (QED) is 0.190. The minimum atomic E-state index is -0.706. The number of ketones is 1. The Balaban J connectivity index is 1.68. The lowest BCUT2D eigenvalue weighted by molar-refractivity contribution is 0.0970. The van der Waals surface area contributed by atoms with E-state index in [0.717, 1.165) is 36.0 Å². The van der Waals surface area contributed by atoms with Crippen LogP contribution in [-0.4, -0.2) is 18.3 Å². The van der Waals surface area contributed by atoms with Gasteiger partial charge in [0.05, 0.1) is 23.6 Å². The van der Waals surface area contributed by atoms with Crippen molar-refractivity contribution in [3.63, 3.8) is 0 Å². The molecule has 2 heterocycles. The van der Waals surface area contributed by atoms with Gasteiger partial charge in [-0.05, 0) is 92.4 Å². The van der Waals surface area contributed by atoms with Crippen molar-refractivity contribution < 1.29 is 18.7 Å². The van der Waals surface area contributed by atoms with E-state index in [9.17, 15) is 14.4 Å². The number of Topliss-reactive ketones (excluding diaryl/α,β-unsaturated/α-hetero) is 1. The van der Waals surface area contributed by atoms with Crippen LogP contribution in [0.25, 0.3) is 11.0 Å². The normalized spacial score (nSPS) is 14.7. The molecule has 1 unspecified atom stereocenters. The molecule has 0 spiro atoms. The third-order valence-corrected chi connectivity index (χ3v) is 7.23. The van der Waals surface area contributed by atoms with E-state index >= 15 is 0 Å². The largest absolute Gasteiger partial charge is 0.494 e. The number of hydrogen-bond acceptors (Lipinski definition) is 5. The zero-order valence-electron chi connectivity index (χ0n) is 22.2. The van der Waals surface area contributed by atoms with Crippen LogP contribution < -0.4 is 15.1 Å². The fourth-order valence-electron chi connectivity index (χ4n) is 4.98. The molecule has 1 atom stereocenters. The molecule has 0 bridgehead atoms. The first-order valence-corrected chi connectivity index (χ1v) is 13.1. The number of carbonyl (C=O) groups is 2. The number of ether oxygens (including phenoxy) is 1. The van der Waals surface area contributed by atoms with Crippen molar-refractivity contribution in [2.24, 2.45) is 0 Å². The molecule has 0 saturated carbocycles. The number of rotatable bonds is 8. The average Bonchev–Trinajstić information content (AvgIpc) is 3.20. The molecule has 0 radical (unpaired) electrons. The third kappa shape index (κ3) is 4.51. The molecular formula is C32H31NO5. The highest BCUT2D eigenvalue weighted by atomic mass is 16.5. The highest BCUT2D eigenvalue weighted by molar-refractivity contribution is 6.11. The minimum Gasteiger partial charge on any atom is -0.494 e. The molecule has 3 aromatic carbocycles. The molecule has 38 heavy (non-hydrogen) atoms. The molecular weight excluding hydrogens is 478 g/mol. The van der Waals surface area contributed by atoms with Crippen LogP contribution in [0.3, 0.4) is 0 Å². The van der Waals surface area contributed by atoms with E-state index in [1.807, 2.05) is 50.2 Å². The Morgan fingerprint density at radius 1 is 0.974 bits per heavy atom. The summed E-state index contributed by atoms with van der Waals surface area (Å²) in [5, 5.41) is 0.449. The molecule has 5 rings (SSSR count). The second kappa shape index (κ2) is 10.3. The summed E-state index contributed by atoms with van der Waals surface area (Å²) in [6.07, 6.45) is 3.14. The third-order valence-electron chi connectivity index (χ3n) is 7.23. The molecule has 1 aromatic heterocycles. The smallest absolute Gasteiger partial charge is 0.295 e. The van der Waals surface area contributed by atoms with E-state index in [-0.39, 0.29) is 17.0 Å². The van der Waals surface area contributed by atoms with Gasteiger partial charge in [0.1, 0.15) is 11.3 Å². The number of nitrogens with zero attached hydrogens (tertiary/aromatic N) is 1. The van der Waals surface area contributed by atoms with Crippen molar-refractivity contribution in [3.05, 3.63) is 104 Å². The first kappa shape index (κ1) is 25.5. The van der Waals surface area contributed by atoms with Crippen molar-refractivity contribution in [3.8, 4) is 5.75 Å². The molecule has 6 heteroatoms. The van der Waals surface area contributed by atoms with Crippen molar-refractivity contribution in [2.75, 3.05) is 11.5 Å². The van der Waals surface area contributed by atoms with Crippen molar-refractivity contribution in [1.29, 1.82) is 0 Å². The standard InChI is InChI=1S/C32H31NO5/c1-5-6-7-15-37-25-10-8-9-23(18-25)29-28-30(35)26-16-19(2)20(3)17-27(26)38-31(28)32(36)33(29)24-13-11-22(12-14-24)21(4)34/h8-14,16-18,29H,5-7,15H2,1-4H3. The zero-order chi connectivity index (χ0) is 27.0. The molecule has 0 saturated heterocycles. The van der Waals surface area contributed by atoms with E-state index in [1.54, 1.807) is 29.2 Å². The number of carbonyl (C=O) groups excluding carboxylic acids is 2. The molecule has 1 amide bonds. The van der Waals surface area contributed by atoms with Crippen LogP contribution in [0.5, 0.6) is 5.75 Å². The van der Waals surface area contributed by atoms with Crippen LogP contribution in [0.1, 0.15) is 82.3 Å². The van der Waals surface area contributed by atoms with Gasteiger partial charge in [-0.15, -0.1) is 0 Å². The summed E-state index contributed by atoms with van der Waals surface area (Å²) in [7, 11) is 0. The van der Waals surface area contributed by atoms with Gasteiger partial charge < -0.3 is 9.15 Å². The zero-order valence-corrected chi connectivity index (χ0v) is 22.2. The number of anilines is 1. The lowest BCUT2D eigenvalue weighted by atomic mass is 9.97. The summed E-state index contributed by atoms with van der Waals surface area (Å²) in [4.78, 5) is 41.3. The maximum atomic E-state index is 13.9. The average molecular weight is 510 g/mol. The molecule has 0 fully saturated rings. The van der Waals surface area contributed by atoms with Crippen molar-refractivity contribution in [1.82, 2.24) is 0 Å². The van der Waals surface area contributed by atoms with Gasteiger partial charge in [-0.3, -0.25) is 19.3 Å². The predicted octanol–water partition coefficient (Wildman–Crippen LogP) is 6.93. The lowest BCUT2D eigenvalue weighted by Crippen LogP contribution is -2.29. The molecule has 4 aromatic rings. The van der Waals surface area contributed by atoms with Gasteiger partial charge >= 0.3 is 0 Å². The van der Waals surface area contributed by atoms with E-state index in [4.69, 9.17) is 9.15 Å². The summed E-state index contributed by atoms with van der Waals surface area (Å²) < 4.78 is 12.1. The van der Waals surface area contributed by atoms with Crippen LogP contribution >= 0.6 is 0 Å². The molecule has 0 N–H and O–H groups in total. The van der Waals surface area contributed by atoms with Crippen LogP contribution in [0.4, 0.5) is 5.69 Å². The van der Waals surface area contributed by atoms with Crippen molar-refractivity contribution in [2.45, 2.75) is 53.0 Å². The van der Waals surface area contributed by atoms with Gasteiger partial charge in [0.15, 0.2) is 11.2 Å². The van der Waals surface area contributed by atoms with Gasteiger partial charge in [0, 0.05) is 11.3 Å². The number of unbranched alkanes of at least 4 members (excludes halogenated alkanes) is 2. The van der Waals surface area contributed by atoms with Crippen molar-refractivity contribution >= 4 is 28.3 Å². The fraction of sp³-hybridized carbons (Fsp3) is 0.281. The van der Waals surface area contributed by atoms with Gasteiger partial charge in [-0.1, -0.05) is 31.9 Å². The summed E-state index contributed by atoms with van der Waals surface area (Å²) in [6, 6.07) is 17.3. The summed E-state index contributed by atoms with van der Waals surface area (Å²) in [6.45, 7) is 8.14.